The second-order valence-electron chi connectivity index (χ2n) is 20.2. The van der Waals surface area contributed by atoms with E-state index in [-0.39, 0.29) is 41.8 Å². The van der Waals surface area contributed by atoms with Gasteiger partial charge in [0.05, 0.1) is 61.5 Å². The smallest absolute Gasteiger partial charge is 0.161 e. The van der Waals surface area contributed by atoms with Gasteiger partial charge in [0.1, 0.15) is 12.2 Å². The third kappa shape index (κ3) is 7.42. The first-order chi connectivity index (χ1) is 27.3. The van der Waals surface area contributed by atoms with Gasteiger partial charge in [-0.2, -0.15) is 0 Å². The monoisotopic (exact) mass is 805 g/mol. The molecule has 5 heterocycles. The Hall–Kier alpha value is -0.780. The molecule has 9 aliphatic rings. The summed E-state index contributed by atoms with van der Waals surface area (Å²) < 4.78 is 43.9. The minimum Gasteiger partial charge on any atom is -0.392 e. The summed E-state index contributed by atoms with van der Waals surface area (Å²) >= 11 is 0. The maximum atomic E-state index is 12.6. The van der Waals surface area contributed by atoms with Crippen molar-refractivity contribution in [3.05, 3.63) is 11.6 Å². The van der Waals surface area contributed by atoms with Crippen molar-refractivity contribution >= 4 is 0 Å². The molecule has 19 atom stereocenters. The van der Waals surface area contributed by atoms with Crippen LogP contribution in [0.3, 0.4) is 0 Å². The van der Waals surface area contributed by atoms with Crippen molar-refractivity contribution in [3.8, 4) is 0 Å². The lowest BCUT2D eigenvalue weighted by Crippen LogP contribution is -2.67. The molecule has 0 aromatic heterocycles. The third-order valence-electron chi connectivity index (χ3n) is 17.1. The van der Waals surface area contributed by atoms with Crippen molar-refractivity contribution in [2.24, 2.45) is 34.5 Å². The Labute approximate surface area is 339 Å². The molecule has 0 amide bonds. The van der Waals surface area contributed by atoms with Crippen LogP contribution in [0.2, 0.25) is 0 Å². The van der Waals surface area contributed by atoms with Gasteiger partial charge in [-0.3, -0.25) is 4.90 Å². The SMILES string of the molecule is CC1CN(C2CNC2)CCC(O[C@@H]2[C@H](C)O[C@@H](O[C@@H]3[C@H](C)O[C@@H](O[C@H]4CC[C@@]5(C)C(CCC6C5C[C@H](O)[C@]5(C)[C@@H](C7=CCOC7)CC[C@]65O)C4)C[C@@H]3O)C[C@@H]2O)O1. The molecule has 5 unspecified atom stereocenters. The Morgan fingerprint density at radius 1 is 0.772 bits per heavy atom. The maximum absolute atomic E-state index is 12.6. The Balaban J connectivity index is 0.758. The number of aliphatic hydroxyl groups is 4. The van der Waals surface area contributed by atoms with Crippen molar-refractivity contribution in [1.29, 1.82) is 0 Å². The van der Waals surface area contributed by atoms with Crippen molar-refractivity contribution in [3.63, 3.8) is 0 Å². The van der Waals surface area contributed by atoms with Crippen LogP contribution in [0.5, 0.6) is 0 Å². The molecule has 4 saturated carbocycles. The molecule has 324 valence electrons. The molecule has 5 aliphatic heterocycles. The fraction of sp³-hybridized carbons (Fsp3) is 0.955. The van der Waals surface area contributed by atoms with Crippen molar-refractivity contribution < 1.29 is 53.6 Å². The van der Waals surface area contributed by atoms with Crippen LogP contribution in [0.4, 0.5) is 0 Å². The average molecular weight is 805 g/mol. The number of fused-ring (bicyclic) bond motifs is 5. The normalized spacial score (nSPS) is 53.6. The number of aliphatic hydroxyl groups excluding tert-OH is 3. The number of nitrogens with one attached hydrogen (secondary N) is 1. The van der Waals surface area contributed by atoms with Crippen LogP contribution in [-0.4, -0.2) is 150 Å². The molecular formula is C44H72N2O11. The Morgan fingerprint density at radius 3 is 2.12 bits per heavy atom. The molecule has 0 aromatic rings. The number of nitrogens with zero attached hydrogens (tertiary/aromatic N) is 1. The van der Waals surface area contributed by atoms with Crippen LogP contribution in [0, 0.1) is 34.5 Å². The van der Waals surface area contributed by atoms with Crippen LogP contribution in [-0.2, 0) is 33.2 Å². The Bertz CT molecular complexity index is 1430. The van der Waals surface area contributed by atoms with E-state index in [1.807, 2.05) is 13.8 Å². The summed E-state index contributed by atoms with van der Waals surface area (Å²) in [6, 6.07) is 0.547. The lowest BCUT2D eigenvalue weighted by Gasteiger charge is -2.65. The molecule has 13 heteroatoms. The summed E-state index contributed by atoms with van der Waals surface area (Å²) in [6.07, 6.45) is 4.76. The molecule has 0 bridgehead atoms. The molecule has 0 aromatic carbocycles. The second kappa shape index (κ2) is 16.2. The summed E-state index contributed by atoms with van der Waals surface area (Å²) in [5.74, 6) is 1.05. The highest BCUT2D eigenvalue weighted by atomic mass is 16.7. The summed E-state index contributed by atoms with van der Waals surface area (Å²) in [6.45, 7) is 15.5. The van der Waals surface area contributed by atoms with Crippen molar-refractivity contribution in [2.45, 2.75) is 191 Å². The molecule has 0 spiro atoms. The van der Waals surface area contributed by atoms with Gasteiger partial charge in [-0.05, 0) is 107 Å². The molecule has 9 rings (SSSR count). The largest absolute Gasteiger partial charge is 0.392 e. The predicted octanol–water partition coefficient (Wildman–Crippen LogP) is 3.24. The summed E-state index contributed by atoms with van der Waals surface area (Å²) in [7, 11) is 0. The Kier molecular flexibility index (Phi) is 11.8. The van der Waals surface area contributed by atoms with Crippen LogP contribution >= 0.6 is 0 Å². The second-order valence-corrected chi connectivity index (χ2v) is 20.2. The molecule has 4 saturated heterocycles. The van der Waals surface area contributed by atoms with E-state index in [1.165, 1.54) is 5.57 Å². The average Bonchev–Trinajstić information content (AvgIpc) is 3.71. The minimum absolute atomic E-state index is 0.0156. The van der Waals surface area contributed by atoms with Crippen LogP contribution in [0.15, 0.2) is 11.6 Å². The maximum Gasteiger partial charge on any atom is 0.161 e. The van der Waals surface area contributed by atoms with Gasteiger partial charge in [-0.25, -0.2) is 0 Å². The number of hydrogen-bond acceptors (Lipinski definition) is 13. The zero-order chi connectivity index (χ0) is 39.9. The first-order valence-electron chi connectivity index (χ1n) is 22.7. The van der Waals surface area contributed by atoms with Gasteiger partial charge in [0.15, 0.2) is 18.9 Å². The van der Waals surface area contributed by atoms with Crippen molar-refractivity contribution in [1.82, 2.24) is 10.2 Å². The van der Waals surface area contributed by atoms with E-state index in [1.54, 1.807) is 0 Å². The van der Waals surface area contributed by atoms with E-state index in [4.69, 9.17) is 33.2 Å². The highest BCUT2D eigenvalue weighted by Gasteiger charge is 2.70. The summed E-state index contributed by atoms with van der Waals surface area (Å²) in [5.41, 5.74) is -0.136. The number of rotatable bonds is 8. The molecule has 0 radical (unpaired) electrons. The first-order valence-corrected chi connectivity index (χ1v) is 22.7. The van der Waals surface area contributed by atoms with E-state index in [0.29, 0.717) is 31.6 Å². The van der Waals surface area contributed by atoms with Gasteiger partial charge in [0, 0.05) is 56.9 Å². The van der Waals surface area contributed by atoms with Crippen molar-refractivity contribution in [2.75, 3.05) is 39.4 Å². The Morgan fingerprint density at radius 2 is 1.47 bits per heavy atom. The molecule has 57 heavy (non-hydrogen) atoms. The number of hydrogen-bond donors (Lipinski definition) is 5. The molecular weight excluding hydrogens is 732 g/mol. The van der Waals surface area contributed by atoms with E-state index in [2.05, 4.69) is 37.1 Å². The van der Waals surface area contributed by atoms with Crippen LogP contribution in [0.25, 0.3) is 0 Å². The topological polar surface area (TPSA) is 161 Å². The lowest BCUT2D eigenvalue weighted by atomic mass is 9.42. The quantitative estimate of drug-likeness (QED) is 0.180. The first kappa shape index (κ1) is 41.6. The minimum atomic E-state index is -0.877. The predicted molar refractivity (Wildman–Crippen MR) is 209 cm³/mol. The van der Waals surface area contributed by atoms with Gasteiger partial charge in [-0.1, -0.05) is 19.9 Å². The fourth-order valence-corrected chi connectivity index (χ4v) is 13.7. The van der Waals surface area contributed by atoms with Gasteiger partial charge in [0.25, 0.3) is 0 Å². The standard InChI is InChI=1S/C44H72N2O11/c1-24-22-46(29-20-45-21-29)14-10-37(52-24)56-40-25(2)54-39(19-35(40)48)57-41-26(3)53-38(18-34(41)47)55-30-8-12-42(4)28(16-30)6-7-32-33(42)17-36(49)43(5)31(9-13-44(32,43)50)27-11-15-51-23-27/h11,24-26,28-41,45,47-50H,6-10,12-23H2,1-5H3/t24?,25-,26-,28?,30-,31+,32?,33?,34-,35-,36-,37?,38-,39-,40+,41+,42-,43-,44-/m0/s1. The van der Waals surface area contributed by atoms with Gasteiger partial charge in [-0.15, -0.1) is 0 Å². The van der Waals surface area contributed by atoms with Gasteiger partial charge in [0.2, 0.25) is 0 Å². The lowest BCUT2D eigenvalue weighted by molar-refractivity contribution is -0.329. The fourth-order valence-electron chi connectivity index (χ4n) is 13.7. The zero-order valence-corrected chi connectivity index (χ0v) is 35.0. The van der Waals surface area contributed by atoms with E-state index < -0.39 is 72.6 Å². The molecule has 5 N–H and O–H groups in total. The molecule has 8 fully saturated rings. The van der Waals surface area contributed by atoms with Gasteiger partial charge >= 0.3 is 0 Å². The van der Waals surface area contributed by atoms with Gasteiger partial charge < -0.3 is 58.9 Å². The number of ether oxygens (including phenoxy) is 7. The highest BCUT2D eigenvalue weighted by Crippen LogP contribution is 2.70. The van der Waals surface area contributed by atoms with E-state index in [9.17, 15) is 20.4 Å². The van der Waals surface area contributed by atoms with Crippen LogP contribution < -0.4 is 5.32 Å². The highest BCUT2D eigenvalue weighted by molar-refractivity contribution is 5.27. The van der Waals surface area contributed by atoms with Crippen LogP contribution in [0.1, 0.15) is 105 Å². The molecule has 4 aliphatic carbocycles. The summed E-state index contributed by atoms with van der Waals surface area (Å²) in [4.78, 5) is 2.47. The van der Waals surface area contributed by atoms with E-state index >= 15 is 0 Å². The molecule has 13 nitrogen and oxygen atoms in total. The van der Waals surface area contributed by atoms with E-state index in [0.717, 1.165) is 84.0 Å². The zero-order valence-electron chi connectivity index (χ0n) is 35.0. The summed E-state index contributed by atoms with van der Waals surface area (Å²) in [5, 5.41) is 50.5. The third-order valence-corrected chi connectivity index (χ3v) is 17.1.